The van der Waals surface area contributed by atoms with Crippen molar-refractivity contribution in [2.24, 2.45) is 11.8 Å². The van der Waals surface area contributed by atoms with Crippen LogP contribution >= 0.6 is 11.3 Å². The van der Waals surface area contributed by atoms with E-state index >= 15 is 0 Å². The van der Waals surface area contributed by atoms with Gasteiger partial charge in [-0.05, 0) is 61.5 Å². The van der Waals surface area contributed by atoms with Crippen LogP contribution in [0.4, 0.5) is 5.82 Å². The number of fused-ring (bicyclic) bond motifs is 3. The Morgan fingerprint density at radius 2 is 1.79 bits per heavy atom. The van der Waals surface area contributed by atoms with Gasteiger partial charge >= 0.3 is 0 Å². The quantitative estimate of drug-likeness (QED) is 0.512. The predicted molar refractivity (Wildman–Crippen MR) is 140 cm³/mol. The third-order valence-electron chi connectivity index (χ3n) is 7.93. The fraction of sp³-hybridized carbons (Fsp3) is 0.571. The van der Waals surface area contributed by atoms with Crippen LogP contribution in [0.3, 0.4) is 0 Å². The van der Waals surface area contributed by atoms with Gasteiger partial charge in [0.05, 0.1) is 25.1 Å². The lowest BCUT2D eigenvalue weighted by Gasteiger charge is -2.34. The fourth-order valence-electron chi connectivity index (χ4n) is 5.92. The monoisotopic (exact) mass is 476 g/mol. The Hall–Kier alpha value is -2.02. The largest absolute Gasteiger partial charge is 0.379 e. The zero-order chi connectivity index (χ0) is 22.9. The third kappa shape index (κ3) is 4.73. The number of benzene rings is 1. The van der Waals surface area contributed by atoms with Crippen molar-refractivity contribution in [3.63, 3.8) is 0 Å². The normalized spacial score (nSPS) is 22.3. The van der Waals surface area contributed by atoms with E-state index < -0.39 is 0 Å². The van der Waals surface area contributed by atoms with Crippen LogP contribution in [0.1, 0.15) is 48.0 Å². The number of aryl methyl sites for hydroxylation is 1. The number of aromatic nitrogens is 2. The van der Waals surface area contributed by atoms with Gasteiger partial charge in [0.2, 0.25) is 0 Å². The molecule has 1 atom stereocenters. The maximum Gasteiger partial charge on any atom is 0.146 e. The molecule has 0 amide bonds. The zero-order valence-corrected chi connectivity index (χ0v) is 21.2. The summed E-state index contributed by atoms with van der Waals surface area (Å²) in [5, 5.41) is 1.37. The SMILES string of the molecule is C[C@@H]1CCc2c(sc3nc(CN4CCOCC4)nc(N4CCC(Cc5ccccc5)CC4)c23)C1. The Labute approximate surface area is 207 Å². The average molecular weight is 477 g/mol. The van der Waals surface area contributed by atoms with E-state index in [9.17, 15) is 0 Å². The first kappa shape index (κ1) is 22.4. The van der Waals surface area contributed by atoms with Gasteiger partial charge < -0.3 is 9.64 Å². The van der Waals surface area contributed by atoms with E-state index in [0.29, 0.717) is 0 Å². The number of hydrogen-bond donors (Lipinski definition) is 0. The van der Waals surface area contributed by atoms with Gasteiger partial charge in [-0.15, -0.1) is 11.3 Å². The van der Waals surface area contributed by atoms with Crippen molar-refractivity contribution >= 4 is 27.4 Å². The number of hydrogen-bond acceptors (Lipinski definition) is 6. The van der Waals surface area contributed by atoms with Crippen molar-refractivity contribution in [2.75, 3.05) is 44.3 Å². The predicted octanol–water partition coefficient (Wildman–Crippen LogP) is 5.11. The average Bonchev–Trinajstić information content (AvgIpc) is 3.22. The smallest absolute Gasteiger partial charge is 0.146 e. The molecular weight excluding hydrogens is 440 g/mol. The lowest BCUT2D eigenvalue weighted by Crippen LogP contribution is -2.37. The molecule has 3 aliphatic rings. The van der Waals surface area contributed by atoms with Gasteiger partial charge in [0, 0.05) is 31.1 Å². The van der Waals surface area contributed by atoms with Crippen molar-refractivity contribution in [3.8, 4) is 0 Å². The minimum Gasteiger partial charge on any atom is -0.379 e. The molecular formula is C28H36N4OS. The number of rotatable bonds is 5. The van der Waals surface area contributed by atoms with Crippen molar-refractivity contribution in [1.29, 1.82) is 0 Å². The Bertz CT molecular complexity index is 1120. The van der Waals surface area contributed by atoms with Crippen LogP contribution in [0.5, 0.6) is 0 Å². The number of ether oxygens (including phenoxy) is 1. The summed E-state index contributed by atoms with van der Waals surface area (Å²) in [4.78, 5) is 18.2. The number of nitrogens with zero attached hydrogens (tertiary/aromatic N) is 4. The molecule has 0 N–H and O–H groups in total. The molecule has 0 radical (unpaired) electrons. The second kappa shape index (κ2) is 9.92. The van der Waals surface area contributed by atoms with Gasteiger partial charge in [0.1, 0.15) is 16.5 Å². The summed E-state index contributed by atoms with van der Waals surface area (Å²) in [6.07, 6.45) is 7.34. The Morgan fingerprint density at radius 3 is 2.59 bits per heavy atom. The lowest BCUT2D eigenvalue weighted by molar-refractivity contribution is 0.0331. The van der Waals surface area contributed by atoms with E-state index in [1.165, 1.54) is 60.1 Å². The van der Waals surface area contributed by atoms with Crippen LogP contribution in [0, 0.1) is 11.8 Å². The van der Waals surface area contributed by atoms with Crippen molar-refractivity contribution < 1.29 is 4.74 Å². The first-order chi connectivity index (χ1) is 16.7. The topological polar surface area (TPSA) is 41.5 Å². The summed E-state index contributed by atoms with van der Waals surface area (Å²) >= 11 is 1.94. The maximum atomic E-state index is 5.56. The molecule has 2 fully saturated rings. The first-order valence-corrected chi connectivity index (χ1v) is 13.9. The molecule has 4 heterocycles. The number of anilines is 1. The van der Waals surface area contributed by atoms with Crippen LogP contribution in [0.2, 0.25) is 0 Å². The summed E-state index contributed by atoms with van der Waals surface area (Å²) in [5.41, 5.74) is 3.02. The van der Waals surface area contributed by atoms with E-state index in [-0.39, 0.29) is 0 Å². The highest BCUT2D eigenvalue weighted by atomic mass is 32.1. The van der Waals surface area contributed by atoms with Gasteiger partial charge in [0.25, 0.3) is 0 Å². The maximum absolute atomic E-state index is 5.56. The first-order valence-electron chi connectivity index (χ1n) is 13.1. The van der Waals surface area contributed by atoms with Gasteiger partial charge in [-0.2, -0.15) is 0 Å². The molecule has 2 saturated heterocycles. The molecule has 2 aromatic heterocycles. The van der Waals surface area contributed by atoms with Crippen LogP contribution in [-0.2, 0) is 30.5 Å². The molecule has 180 valence electrons. The Morgan fingerprint density at radius 1 is 1.00 bits per heavy atom. The summed E-state index contributed by atoms with van der Waals surface area (Å²) < 4.78 is 5.56. The molecule has 3 aromatic rings. The van der Waals surface area contributed by atoms with Gasteiger partial charge in [-0.1, -0.05) is 37.3 Å². The second-order valence-electron chi connectivity index (χ2n) is 10.5. The van der Waals surface area contributed by atoms with E-state index in [0.717, 1.165) is 63.6 Å². The molecule has 5 nitrogen and oxygen atoms in total. The summed E-state index contributed by atoms with van der Waals surface area (Å²) in [7, 11) is 0. The van der Waals surface area contributed by atoms with Crippen molar-refractivity contribution in [1.82, 2.24) is 14.9 Å². The molecule has 0 unspecified atom stereocenters. The number of thiophene rings is 1. The van der Waals surface area contributed by atoms with Crippen LogP contribution in [0.15, 0.2) is 30.3 Å². The highest BCUT2D eigenvalue weighted by Crippen LogP contribution is 2.42. The molecule has 0 saturated carbocycles. The van der Waals surface area contributed by atoms with E-state index in [2.05, 4.69) is 47.1 Å². The van der Waals surface area contributed by atoms with E-state index in [1.54, 1.807) is 10.4 Å². The van der Waals surface area contributed by atoms with Gasteiger partial charge in [-0.3, -0.25) is 4.90 Å². The van der Waals surface area contributed by atoms with Crippen molar-refractivity contribution in [2.45, 2.75) is 52.0 Å². The molecule has 34 heavy (non-hydrogen) atoms. The van der Waals surface area contributed by atoms with Crippen molar-refractivity contribution in [3.05, 3.63) is 52.2 Å². The zero-order valence-electron chi connectivity index (χ0n) is 20.3. The summed E-state index contributed by atoms with van der Waals surface area (Å²) in [6, 6.07) is 11.0. The molecule has 1 aromatic carbocycles. The molecule has 1 aliphatic carbocycles. The van der Waals surface area contributed by atoms with Gasteiger partial charge in [0.15, 0.2) is 0 Å². The van der Waals surface area contributed by atoms with Crippen LogP contribution in [-0.4, -0.2) is 54.3 Å². The molecule has 0 bridgehead atoms. The van der Waals surface area contributed by atoms with Crippen LogP contribution in [0.25, 0.3) is 10.2 Å². The third-order valence-corrected chi connectivity index (χ3v) is 9.08. The minimum absolute atomic E-state index is 0.765. The Balaban J connectivity index is 1.28. The summed E-state index contributed by atoms with van der Waals surface area (Å²) in [6.45, 7) is 8.99. The van der Waals surface area contributed by atoms with Crippen LogP contribution < -0.4 is 4.90 Å². The molecule has 0 spiro atoms. The number of piperidine rings is 1. The lowest BCUT2D eigenvalue weighted by atomic mass is 9.88. The van der Waals surface area contributed by atoms with Gasteiger partial charge in [-0.25, -0.2) is 9.97 Å². The minimum atomic E-state index is 0.765. The van der Waals surface area contributed by atoms with E-state index in [4.69, 9.17) is 14.7 Å². The molecule has 6 heteroatoms. The standard InChI is InChI=1S/C28H36N4OS/c1-20-7-8-23-24(17-20)34-28-26(23)27(29-25(30-28)19-31-13-15-33-16-14-31)32-11-9-22(10-12-32)18-21-5-3-2-4-6-21/h2-6,20,22H,7-19H2,1H3/t20-/m1/s1. The molecule has 2 aliphatic heterocycles. The fourth-order valence-corrected chi connectivity index (χ4v) is 7.32. The second-order valence-corrected chi connectivity index (χ2v) is 11.6. The highest BCUT2D eigenvalue weighted by Gasteiger charge is 2.28. The Kier molecular flexibility index (Phi) is 6.55. The number of morpholine rings is 1. The van der Waals surface area contributed by atoms with E-state index in [1.807, 2.05) is 11.3 Å². The highest BCUT2D eigenvalue weighted by molar-refractivity contribution is 7.19. The molecule has 6 rings (SSSR count). The summed E-state index contributed by atoms with van der Waals surface area (Å²) in [5.74, 6) is 3.75.